The number of carbonyl (C=O) groups is 1. The summed E-state index contributed by atoms with van der Waals surface area (Å²) in [5.74, 6) is 0.692. The van der Waals surface area contributed by atoms with Gasteiger partial charge < -0.3 is 15.2 Å². The second-order valence-corrected chi connectivity index (χ2v) is 4.85. The monoisotopic (exact) mass is 269 g/mol. The molecule has 2 rings (SSSR count). The van der Waals surface area contributed by atoms with E-state index in [0.29, 0.717) is 28.6 Å². The van der Waals surface area contributed by atoms with E-state index in [0.717, 1.165) is 12.3 Å². The molecule has 0 unspecified atom stereocenters. The van der Waals surface area contributed by atoms with E-state index in [2.05, 4.69) is 0 Å². The van der Waals surface area contributed by atoms with E-state index in [-0.39, 0.29) is 0 Å². The smallest absolute Gasteiger partial charge is 0.341 e. The van der Waals surface area contributed by atoms with Crippen molar-refractivity contribution in [1.29, 1.82) is 0 Å². The summed E-state index contributed by atoms with van der Waals surface area (Å²) in [5, 5.41) is 0.324. The Hall–Kier alpha value is -1.42. The molecule has 0 atom stereocenters. The Bertz CT molecular complexity index is 458. The highest BCUT2D eigenvalue weighted by molar-refractivity contribution is 6.33. The van der Waals surface area contributed by atoms with Crippen molar-refractivity contribution in [2.75, 3.05) is 19.5 Å². The van der Waals surface area contributed by atoms with Crippen molar-refractivity contribution in [3.05, 3.63) is 22.7 Å². The van der Waals surface area contributed by atoms with Crippen LogP contribution in [0.3, 0.4) is 0 Å². The third-order valence-corrected chi connectivity index (χ3v) is 3.32. The lowest BCUT2D eigenvalue weighted by Gasteiger charge is -2.10. The van der Waals surface area contributed by atoms with Gasteiger partial charge in [0.05, 0.1) is 24.4 Å². The van der Waals surface area contributed by atoms with Crippen molar-refractivity contribution >= 4 is 23.3 Å². The Kier molecular flexibility index (Phi) is 3.97. The van der Waals surface area contributed by atoms with Crippen molar-refractivity contribution in [1.82, 2.24) is 0 Å². The van der Waals surface area contributed by atoms with E-state index >= 15 is 0 Å². The Morgan fingerprint density at radius 2 is 2.22 bits per heavy atom. The molecule has 18 heavy (non-hydrogen) atoms. The molecule has 1 fully saturated rings. The molecule has 1 aliphatic carbocycles. The average molecular weight is 270 g/mol. The maximum Gasteiger partial charge on any atom is 0.341 e. The predicted molar refractivity (Wildman–Crippen MR) is 70.0 cm³/mol. The number of nitrogens with two attached hydrogens (primary N) is 1. The van der Waals surface area contributed by atoms with E-state index in [1.165, 1.54) is 32.1 Å². The van der Waals surface area contributed by atoms with Gasteiger partial charge >= 0.3 is 5.97 Å². The summed E-state index contributed by atoms with van der Waals surface area (Å²) < 4.78 is 10.3. The van der Waals surface area contributed by atoms with Crippen LogP contribution in [-0.2, 0) is 4.74 Å². The zero-order valence-corrected chi connectivity index (χ0v) is 11.0. The number of hydrogen-bond donors (Lipinski definition) is 1. The molecule has 0 aliphatic heterocycles. The van der Waals surface area contributed by atoms with Crippen LogP contribution in [0, 0.1) is 5.92 Å². The number of rotatable bonds is 5. The molecular formula is C13H16ClNO3. The van der Waals surface area contributed by atoms with Gasteiger partial charge in [-0.2, -0.15) is 0 Å². The second-order valence-electron chi connectivity index (χ2n) is 4.44. The third-order valence-electron chi connectivity index (χ3n) is 2.99. The molecular weight excluding hydrogens is 254 g/mol. The van der Waals surface area contributed by atoms with Crippen LogP contribution in [0.25, 0.3) is 0 Å². The number of nitrogen functional groups attached to an aromatic ring is 1. The third kappa shape index (κ3) is 3.07. The number of benzene rings is 1. The summed E-state index contributed by atoms with van der Waals surface area (Å²) >= 11 is 5.89. The van der Waals surface area contributed by atoms with Gasteiger partial charge in [0.15, 0.2) is 0 Å². The molecule has 0 saturated heterocycles. The first kappa shape index (κ1) is 13.0. The highest BCUT2D eigenvalue weighted by Crippen LogP contribution is 2.33. The molecule has 2 N–H and O–H groups in total. The van der Waals surface area contributed by atoms with Crippen LogP contribution < -0.4 is 10.5 Å². The van der Waals surface area contributed by atoms with Gasteiger partial charge in [0, 0.05) is 6.07 Å². The zero-order chi connectivity index (χ0) is 13.1. The van der Waals surface area contributed by atoms with Gasteiger partial charge in [-0.1, -0.05) is 24.4 Å². The largest absolute Gasteiger partial charge is 0.496 e. The fourth-order valence-corrected chi connectivity index (χ4v) is 1.86. The Morgan fingerprint density at radius 3 is 2.83 bits per heavy atom. The minimum absolute atomic E-state index is 0.312. The number of hydrogen-bond acceptors (Lipinski definition) is 4. The molecule has 0 radical (unpaired) electrons. The molecule has 1 aromatic carbocycles. The first-order chi connectivity index (χ1) is 8.61. The molecule has 98 valence electrons. The maximum absolute atomic E-state index is 11.9. The summed E-state index contributed by atoms with van der Waals surface area (Å²) in [7, 11) is 1.48. The Labute approximate surface area is 111 Å². The summed E-state index contributed by atoms with van der Waals surface area (Å²) in [6.45, 7) is 0.439. The lowest BCUT2D eigenvalue weighted by molar-refractivity contribution is 0.0491. The SMILES string of the molecule is COc1cc(N)c(Cl)cc1C(=O)OCCC1CC1. The highest BCUT2D eigenvalue weighted by atomic mass is 35.5. The molecule has 0 amide bonds. The molecule has 0 heterocycles. The van der Waals surface area contributed by atoms with Gasteiger partial charge in [-0.15, -0.1) is 0 Å². The number of esters is 1. The van der Waals surface area contributed by atoms with Gasteiger partial charge in [-0.3, -0.25) is 0 Å². The topological polar surface area (TPSA) is 61.5 Å². The number of anilines is 1. The quantitative estimate of drug-likeness (QED) is 0.659. The van der Waals surface area contributed by atoms with E-state index < -0.39 is 5.97 Å². The van der Waals surface area contributed by atoms with Gasteiger partial charge in [0.2, 0.25) is 0 Å². The van der Waals surface area contributed by atoms with Gasteiger partial charge in [-0.25, -0.2) is 4.79 Å². The summed E-state index contributed by atoms with van der Waals surface area (Å²) in [4.78, 5) is 11.9. The molecule has 1 saturated carbocycles. The van der Waals surface area contributed by atoms with Crippen molar-refractivity contribution in [3.63, 3.8) is 0 Å². The van der Waals surface area contributed by atoms with Crippen LogP contribution >= 0.6 is 11.6 Å². The number of carbonyl (C=O) groups excluding carboxylic acids is 1. The highest BCUT2D eigenvalue weighted by Gasteiger charge is 2.22. The number of methoxy groups -OCH3 is 1. The molecule has 0 spiro atoms. The van der Waals surface area contributed by atoms with Crippen molar-refractivity contribution < 1.29 is 14.3 Å². The molecule has 1 aliphatic rings. The summed E-state index contributed by atoms with van der Waals surface area (Å²) in [6.07, 6.45) is 3.42. The number of ether oxygens (including phenoxy) is 2. The predicted octanol–water partition coefficient (Wildman–Crippen LogP) is 2.89. The first-order valence-corrected chi connectivity index (χ1v) is 6.29. The van der Waals surface area contributed by atoms with E-state index in [1.807, 2.05) is 0 Å². The zero-order valence-electron chi connectivity index (χ0n) is 10.2. The molecule has 1 aromatic rings. The van der Waals surface area contributed by atoms with Crippen LogP contribution in [-0.4, -0.2) is 19.7 Å². The lowest BCUT2D eigenvalue weighted by atomic mass is 10.2. The maximum atomic E-state index is 11.9. The van der Waals surface area contributed by atoms with Crippen molar-refractivity contribution in [3.8, 4) is 5.75 Å². The normalized spacial score (nSPS) is 14.3. The van der Waals surface area contributed by atoms with E-state index in [4.69, 9.17) is 26.8 Å². The number of halogens is 1. The van der Waals surface area contributed by atoms with Crippen molar-refractivity contribution in [2.45, 2.75) is 19.3 Å². The van der Waals surface area contributed by atoms with Gasteiger partial charge in [-0.05, 0) is 18.4 Å². The summed E-state index contributed by atoms with van der Waals surface area (Å²) in [6, 6.07) is 3.01. The second kappa shape index (κ2) is 5.48. The van der Waals surface area contributed by atoms with Crippen LogP contribution in [0.4, 0.5) is 5.69 Å². The van der Waals surface area contributed by atoms with Crippen LogP contribution in [0.2, 0.25) is 5.02 Å². The fourth-order valence-electron chi connectivity index (χ4n) is 1.70. The minimum Gasteiger partial charge on any atom is -0.496 e. The summed E-state index contributed by atoms with van der Waals surface area (Å²) in [5.41, 5.74) is 6.34. The molecule has 0 bridgehead atoms. The Morgan fingerprint density at radius 1 is 1.50 bits per heavy atom. The van der Waals surface area contributed by atoms with Crippen LogP contribution in [0.1, 0.15) is 29.6 Å². The van der Waals surface area contributed by atoms with Crippen LogP contribution in [0.15, 0.2) is 12.1 Å². The van der Waals surface area contributed by atoms with E-state index in [9.17, 15) is 4.79 Å². The fraction of sp³-hybridized carbons (Fsp3) is 0.462. The Balaban J connectivity index is 2.04. The molecule has 0 aromatic heterocycles. The molecule has 4 nitrogen and oxygen atoms in total. The minimum atomic E-state index is -0.422. The van der Waals surface area contributed by atoms with Crippen molar-refractivity contribution in [2.24, 2.45) is 5.92 Å². The standard InChI is InChI=1S/C13H16ClNO3/c1-17-12-7-11(15)10(14)6-9(12)13(16)18-5-4-8-2-3-8/h6-8H,2-5,15H2,1H3. The van der Waals surface area contributed by atoms with Gasteiger partial charge in [0.1, 0.15) is 11.3 Å². The average Bonchev–Trinajstić information content (AvgIpc) is 3.16. The van der Waals surface area contributed by atoms with Crippen LogP contribution in [0.5, 0.6) is 5.75 Å². The van der Waals surface area contributed by atoms with E-state index in [1.54, 1.807) is 0 Å². The van der Waals surface area contributed by atoms with Gasteiger partial charge in [0.25, 0.3) is 0 Å². The molecule has 5 heteroatoms. The first-order valence-electron chi connectivity index (χ1n) is 5.92. The lowest BCUT2D eigenvalue weighted by Crippen LogP contribution is -2.09.